The number of piperidine rings is 2. The van der Waals surface area contributed by atoms with Gasteiger partial charge >= 0.3 is 0 Å². The molecule has 3 aromatic heterocycles. The van der Waals surface area contributed by atoms with E-state index in [1.54, 1.807) is 16.8 Å². The van der Waals surface area contributed by atoms with Crippen molar-refractivity contribution in [3.63, 3.8) is 0 Å². The predicted octanol–water partition coefficient (Wildman–Crippen LogP) is 8.81. The van der Waals surface area contributed by atoms with Gasteiger partial charge in [0.25, 0.3) is 5.91 Å². The molecule has 2 saturated heterocycles. The number of anilines is 3. The molecular weight excluding hydrogens is 894 g/mol. The van der Waals surface area contributed by atoms with E-state index in [0.29, 0.717) is 36.4 Å². The quantitative estimate of drug-likeness (QED) is 0.122. The van der Waals surface area contributed by atoms with Crippen molar-refractivity contribution >= 4 is 57.4 Å². The maximum atomic E-state index is 16.2. The van der Waals surface area contributed by atoms with Crippen LogP contribution in [0.25, 0.3) is 27.7 Å². The molecule has 2 N–H and O–H groups in total. The minimum absolute atomic E-state index is 0.0105. The van der Waals surface area contributed by atoms with Crippen LogP contribution in [0.15, 0.2) is 97.3 Å². The van der Waals surface area contributed by atoms with Gasteiger partial charge in [0, 0.05) is 105 Å². The summed E-state index contributed by atoms with van der Waals surface area (Å²) in [5.41, 5.74) is 11.2. The van der Waals surface area contributed by atoms with E-state index in [9.17, 15) is 19.2 Å². The highest BCUT2D eigenvalue weighted by Crippen LogP contribution is 2.58. The van der Waals surface area contributed by atoms with Gasteiger partial charge in [-0.3, -0.25) is 39.2 Å². The lowest BCUT2D eigenvalue weighted by Crippen LogP contribution is -2.54. The lowest BCUT2D eigenvalue weighted by Gasteiger charge is -2.33. The first-order valence-electron chi connectivity index (χ1n) is 25.0. The van der Waals surface area contributed by atoms with Crippen molar-refractivity contribution in [3.05, 3.63) is 142 Å². The summed E-state index contributed by atoms with van der Waals surface area (Å²) in [6, 6.07) is 25.4. The molecule has 364 valence electrons. The number of imide groups is 1. The number of hydrogen-bond acceptors (Lipinski definition) is 9. The number of benzene rings is 3. The molecule has 14 heteroatoms. The molecule has 3 fully saturated rings. The van der Waals surface area contributed by atoms with Crippen LogP contribution in [0, 0.1) is 12.7 Å². The molecule has 2 atom stereocenters. The van der Waals surface area contributed by atoms with Crippen LogP contribution in [0.4, 0.5) is 21.6 Å². The maximum absolute atomic E-state index is 16.2. The topological polar surface area (TPSA) is 136 Å². The molecule has 71 heavy (non-hydrogen) atoms. The number of amides is 4. The van der Waals surface area contributed by atoms with Crippen LogP contribution in [0.5, 0.6) is 0 Å². The Balaban J connectivity index is 0.700. The van der Waals surface area contributed by atoms with Crippen molar-refractivity contribution in [1.82, 2.24) is 29.7 Å². The monoisotopic (exact) mass is 953 g/mol. The lowest BCUT2D eigenvalue weighted by atomic mass is 9.89. The summed E-state index contributed by atoms with van der Waals surface area (Å²) in [5.74, 6) is -0.122. The van der Waals surface area contributed by atoms with Gasteiger partial charge in [0.15, 0.2) is 0 Å². The number of halogens is 1. The van der Waals surface area contributed by atoms with Gasteiger partial charge in [-0.05, 0) is 159 Å². The Morgan fingerprint density at radius 3 is 2.41 bits per heavy atom. The molecule has 6 aromatic rings. The third kappa shape index (κ3) is 8.30. The molecular formula is C57H60FN9O4. The fourth-order valence-corrected chi connectivity index (χ4v) is 11.9. The number of nitrogens with zero attached hydrogens (tertiary/aromatic N) is 7. The first kappa shape index (κ1) is 46.4. The van der Waals surface area contributed by atoms with E-state index in [0.717, 1.165) is 119 Å². The van der Waals surface area contributed by atoms with Crippen molar-refractivity contribution in [2.45, 2.75) is 88.8 Å². The molecule has 5 aliphatic rings. The Labute approximate surface area is 413 Å². The largest absolute Gasteiger partial charge is 0.373 e. The van der Waals surface area contributed by atoms with E-state index in [1.165, 1.54) is 11.6 Å². The Morgan fingerprint density at radius 1 is 0.944 bits per heavy atom. The lowest BCUT2D eigenvalue weighted by molar-refractivity contribution is -0.135. The van der Waals surface area contributed by atoms with E-state index in [1.807, 2.05) is 62.8 Å². The summed E-state index contributed by atoms with van der Waals surface area (Å²) in [4.78, 5) is 69.6. The molecule has 7 heterocycles. The van der Waals surface area contributed by atoms with Crippen LogP contribution in [-0.4, -0.2) is 94.3 Å². The van der Waals surface area contributed by atoms with Gasteiger partial charge in [0.1, 0.15) is 23.3 Å². The first-order chi connectivity index (χ1) is 34.3. The van der Waals surface area contributed by atoms with Crippen molar-refractivity contribution in [2.24, 2.45) is 7.05 Å². The normalized spacial score (nSPS) is 19.7. The Hall–Kier alpha value is -7.03. The maximum Gasteiger partial charge on any atom is 0.258 e. The highest BCUT2D eigenvalue weighted by molar-refractivity contribution is 6.15. The number of fused-ring (bicyclic) bond motifs is 3. The number of rotatable bonds is 11. The van der Waals surface area contributed by atoms with E-state index in [4.69, 9.17) is 4.98 Å². The zero-order chi connectivity index (χ0) is 49.3. The predicted molar refractivity (Wildman–Crippen MR) is 275 cm³/mol. The van der Waals surface area contributed by atoms with Crippen LogP contribution in [-0.2, 0) is 33.4 Å². The van der Waals surface area contributed by atoms with Crippen molar-refractivity contribution < 1.29 is 23.6 Å². The zero-order valence-corrected chi connectivity index (χ0v) is 41.1. The van der Waals surface area contributed by atoms with Gasteiger partial charge in [-0.2, -0.15) is 0 Å². The number of hydrogen-bond donors (Lipinski definition) is 2. The smallest absolute Gasteiger partial charge is 0.258 e. The fraction of sp³-hybridized carbons (Fsp3) is 0.368. The zero-order valence-electron chi connectivity index (χ0n) is 41.1. The Bertz CT molecular complexity index is 3130. The summed E-state index contributed by atoms with van der Waals surface area (Å²) < 4.78 is 18.3. The van der Waals surface area contributed by atoms with Crippen molar-refractivity contribution in [3.8, 4) is 11.1 Å². The number of aromatic nitrogens is 3. The molecule has 2 unspecified atom stereocenters. The second-order valence-electron chi connectivity index (χ2n) is 20.3. The van der Waals surface area contributed by atoms with E-state index in [2.05, 4.69) is 86.4 Å². The van der Waals surface area contributed by atoms with E-state index < -0.39 is 17.4 Å². The third-order valence-corrected chi connectivity index (χ3v) is 16.2. The molecule has 1 spiro atoms. The first-order valence-corrected chi connectivity index (χ1v) is 25.0. The second-order valence-corrected chi connectivity index (χ2v) is 20.3. The number of pyridine rings is 2. The van der Waals surface area contributed by atoms with Crippen molar-refractivity contribution in [2.75, 3.05) is 55.4 Å². The summed E-state index contributed by atoms with van der Waals surface area (Å²) in [6.07, 6.45) is 10.7. The molecule has 3 aromatic carbocycles. The minimum Gasteiger partial charge on any atom is -0.373 e. The summed E-state index contributed by atoms with van der Waals surface area (Å²) >= 11 is 0. The highest BCUT2D eigenvalue weighted by atomic mass is 19.1. The minimum atomic E-state index is -0.650. The third-order valence-electron chi connectivity index (χ3n) is 16.2. The Kier molecular flexibility index (Phi) is 11.9. The summed E-state index contributed by atoms with van der Waals surface area (Å²) in [7, 11) is 5.67. The molecule has 4 aliphatic heterocycles. The summed E-state index contributed by atoms with van der Waals surface area (Å²) in [6.45, 7) is 8.18. The van der Waals surface area contributed by atoms with Gasteiger partial charge < -0.3 is 14.8 Å². The molecule has 11 rings (SSSR count). The summed E-state index contributed by atoms with van der Waals surface area (Å²) in [5, 5.41) is 6.58. The molecule has 0 radical (unpaired) electrons. The van der Waals surface area contributed by atoms with E-state index >= 15 is 4.39 Å². The van der Waals surface area contributed by atoms with Crippen LogP contribution in [0.3, 0.4) is 0 Å². The fourth-order valence-electron chi connectivity index (χ4n) is 11.9. The molecule has 0 bridgehead atoms. The van der Waals surface area contributed by atoms with Gasteiger partial charge in [0.05, 0.1) is 5.41 Å². The van der Waals surface area contributed by atoms with Gasteiger partial charge in [-0.1, -0.05) is 30.3 Å². The molecule has 1 aliphatic carbocycles. The van der Waals surface area contributed by atoms with Gasteiger partial charge in [0.2, 0.25) is 17.7 Å². The number of aryl methyl sites for hydroxylation is 2. The number of carbonyl (C=O) groups excluding carboxylic acids is 4. The standard InChI is InChI=1S/C57H60FN9O4/c1-34-28-41(30-46(58)52(34)39-19-26-66(27-20-39)35(2)49-31-44-43(16-23-60-53(44)64(49)5)40-9-14-50(59-3)61-32-40)55(70)63(4)42-10-7-37(8-11-42)38-17-24-65(25-18-38)33-36-6-12-47-45(29-36)57(21-22-57)56(71)67(47)48-13-15-51(68)62-54(48)69/h6-12,14,16,19,23,28-32,35,38,48H,13,15,17-18,20-22,24-27,33H2,1-5H3,(H,59,61)(H,62,68,69). The number of carbonyl (C=O) groups is 4. The van der Waals surface area contributed by atoms with E-state index in [-0.39, 0.29) is 36.0 Å². The number of nitrogens with one attached hydrogen (secondary N) is 2. The van der Waals surface area contributed by atoms with Crippen molar-refractivity contribution in [1.29, 1.82) is 0 Å². The molecule has 1 saturated carbocycles. The SMILES string of the molecule is CNc1ccc(-c2ccnc3c2cc(C(C)N2CC=C(c4c(C)cc(C(=O)N(C)c5ccc(C6CCN(Cc7ccc8c(c7)C7(CC7)C(=O)N8C7CCC(=O)NC7=O)CC6)cc5)cc4F)CC2)n3C)cn1. The average molecular weight is 954 g/mol. The second kappa shape index (κ2) is 18.3. The van der Waals surface area contributed by atoms with Crippen LogP contribution >= 0.6 is 0 Å². The van der Waals surface area contributed by atoms with Gasteiger partial charge in [-0.25, -0.2) is 14.4 Å². The van der Waals surface area contributed by atoms with Crippen LogP contribution in [0.2, 0.25) is 0 Å². The van der Waals surface area contributed by atoms with Crippen LogP contribution < -0.4 is 20.4 Å². The number of likely N-dealkylation sites (tertiary alicyclic amines) is 1. The van der Waals surface area contributed by atoms with Crippen LogP contribution in [0.1, 0.15) is 108 Å². The van der Waals surface area contributed by atoms with Gasteiger partial charge in [-0.15, -0.1) is 0 Å². The molecule has 13 nitrogen and oxygen atoms in total. The Morgan fingerprint density at radius 2 is 1.73 bits per heavy atom. The molecule has 4 amide bonds. The highest BCUT2D eigenvalue weighted by Gasteiger charge is 2.61. The average Bonchev–Trinajstić information content (AvgIpc) is 4.08.